The van der Waals surface area contributed by atoms with Crippen LogP contribution >= 0.6 is 0 Å². The molecule has 0 atom stereocenters. The van der Waals surface area contributed by atoms with Crippen LogP contribution in [0.15, 0.2) is 48.5 Å². The SMILES string of the molecule is O=C(O)CN(CC(F)(F)F)C(=O)CCCCNC(=O)OCC1c2ccccc2-c2ccccc21. The number of fused-ring (bicyclic) bond motifs is 3. The van der Waals surface area contributed by atoms with Gasteiger partial charge in [-0.3, -0.25) is 9.59 Å². The molecule has 3 rings (SSSR count). The predicted molar refractivity (Wildman–Crippen MR) is 117 cm³/mol. The number of amides is 2. The second-order valence-electron chi connectivity index (χ2n) is 7.97. The minimum atomic E-state index is -4.68. The summed E-state index contributed by atoms with van der Waals surface area (Å²) in [7, 11) is 0. The molecule has 2 aromatic carbocycles. The molecule has 0 aliphatic heterocycles. The monoisotopic (exact) mass is 478 g/mol. The van der Waals surface area contributed by atoms with Gasteiger partial charge in [0.2, 0.25) is 5.91 Å². The lowest BCUT2D eigenvalue weighted by Crippen LogP contribution is -2.42. The van der Waals surface area contributed by atoms with Crippen molar-refractivity contribution >= 4 is 18.0 Å². The normalized spacial score (nSPS) is 12.6. The summed E-state index contributed by atoms with van der Waals surface area (Å²) in [5.41, 5.74) is 4.39. The molecule has 0 spiro atoms. The van der Waals surface area contributed by atoms with Crippen molar-refractivity contribution in [3.63, 3.8) is 0 Å². The molecular formula is C24H25F3N2O5. The molecule has 0 saturated heterocycles. The number of nitrogens with one attached hydrogen (secondary N) is 1. The molecule has 1 aliphatic rings. The van der Waals surface area contributed by atoms with Crippen LogP contribution in [0, 0.1) is 0 Å². The third-order valence-corrected chi connectivity index (χ3v) is 5.48. The zero-order valence-corrected chi connectivity index (χ0v) is 18.3. The minimum Gasteiger partial charge on any atom is -0.480 e. The number of carbonyl (C=O) groups is 3. The van der Waals surface area contributed by atoms with E-state index in [1.165, 1.54) is 0 Å². The summed E-state index contributed by atoms with van der Waals surface area (Å²) < 4.78 is 43.0. The highest BCUT2D eigenvalue weighted by Gasteiger charge is 2.33. The van der Waals surface area contributed by atoms with Crippen molar-refractivity contribution < 1.29 is 37.4 Å². The maximum atomic E-state index is 12.5. The van der Waals surface area contributed by atoms with Gasteiger partial charge in [-0.1, -0.05) is 48.5 Å². The fourth-order valence-corrected chi connectivity index (χ4v) is 4.01. The molecule has 2 amide bonds. The fourth-order valence-electron chi connectivity index (χ4n) is 4.01. The van der Waals surface area contributed by atoms with Crippen LogP contribution in [0.5, 0.6) is 0 Å². The summed E-state index contributed by atoms with van der Waals surface area (Å²) in [6, 6.07) is 15.9. The van der Waals surface area contributed by atoms with Crippen molar-refractivity contribution in [3.05, 3.63) is 59.7 Å². The molecule has 0 bridgehead atoms. The number of hydrogen-bond acceptors (Lipinski definition) is 4. The van der Waals surface area contributed by atoms with Crippen LogP contribution in [0.2, 0.25) is 0 Å². The molecule has 1 aliphatic carbocycles. The number of benzene rings is 2. The number of alkyl halides is 3. The van der Waals surface area contributed by atoms with Gasteiger partial charge in [0.25, 0.3) is 0 Å². The van der Waals surface area contributed by atoms with E-state index in [4.69, 9.17) is 9.84 Å². The summed E-state index contributed by atoms with van der Waals surface area (Å²) in [5, 5.41) is 11.3. The number of aliphatic carboxylic acids is 1. The zero-order chi connectivity index (χ0) is 24.7. The van der Waals surface area contributed by atoms with Gasteiger partial charge in [0.1, 0.15) is 19.7 Å². The standard InChI is InChI=1S/C24H25F3N2O5/c25-24(26,27)15-29(13-22(31)32)21(30)11-5-6-12-28-23(33)34-14-20-18-9-3-1-7-16(18)17-8-2-4-10-19(17)20/h1-4,7-10,20H,5-6,11-15H2,(H,28,33)(H,31,32). The van der Waals surface area contributed by atoms with Gasteiger partial charge >= 0.3 is 18.2 Å². The van der Waals surface area contributed by atoms with Gasteiger partial charge in [0, 0.05) is 18.9 Å². The summed E-state index contributed by atoms with van der Waals surface area (Å²) in [6.45, 7) is -2.31. The predicted octanol–water partition coefficient (Wildman–Crippen LogP) is 4.17. The first-order valence-corrected chi connectivity index (χ1v) is 10.8. The first-order valence-electron chi connectivity index (χ1n) is 10.8. The molecule has 0 saturated carbocycles. The Morgan fingerprint density at radius 2 is 1.56 bits per heavy atom. The van der Waals surface area contributed by atoms with E-state index in [2.05, 4.69) is 5.32 Å². The van der Waals surface area contributed by atoms with Gasteiger partial charge in [-0.25, -0.2) is 4.79 Å². The first-order chi connectivity index (χ1) is 16.2. The van der Waals surface area contributed by atoms with Crippen LogP contribution < -0.4 is 5.32 Å². The Morgan fingerprint density at radius 1 is 0.971 bits per heavy atom. The lowest BCUT2D eigenvalue weighted by Gasteiger charge is -2.22. The van der Waals surface area contributed by atoms with E-state index in [9.17, 15) is 27.6 Å². The van der Waals surface area contributed by atoms with E-state index >= 15 is 0 Å². The second-order valence-corrected chi connectivity index (χ2v) is 7.97. The highest BCUT2D eigenvalue weighted by molar-refractivity contribution is 5.81. The summed E-state index contributed by atoms with van der Waals surface area (Å²) in [5.74, 6) is -2.50. The van der Waals surface area contributed by atoms with E-state index in [0.717, 1.165) is 22.3 Å². The van der Waals surface area contributed by atoms with Crippen molar-refractivity contribution in [2.75, 3.05) is 26.2 Å². The Balaban J connectivity index is 1.41. The van der Waals surface area contributed by atoms with Crippen LogP contribution in [0.4, 0.5) is 18.0 Å². The molecule has 34 heavy (non-hydrogen) atoms. The third kappa shape index (κ3) is 6.72. The molecule has 0 heterocycles. The number of hydrogen-bond donors (Lipinski definition) is 2. The smallest absolute Gasteiger partial charge is 0.407 e. The Labute approximate surface area is 194 Å². The Bertz CT molecular complexity index is 996. The van der Waals surface area contributed by atoms with Gasteiger partial charge in [-0.05, 0) is 35.1 Å². The number of carbonyl (C=O) groups excluding carboxylic acids is 2. The highest BCUT2D eigenvalue weighted by Crippen LogP contribution is 2.44. The number of nitrogens with zero attached hydrogens (tertiary/aromatic N) is 1. The average molecular weight is 478 g/mol. The van der Waals surface area contributed by atoms with E-state index < -0.39 is 37.2 Å². The van der Waals surface area contributed by atoms with Crippen molar-refractivity contribution in [1.29, 1.82) is 0 Å². The number of alkyl carbamates (subject to hydrolysis) is 1. The van der Waals surface area contributed by atoms with Crippen LogP contribution in [-0.4, -0.2) is 60.4 Å². The lowest BCUT2D eigenvalue weighted by atomic mass is 9.98. The summed E-state index contributed by atoms with van der Waals surface area (Å²) >= 11 is 0. The Kier molecular flexibility index (Phi) is 8.14. The molecule has 7 nitrogen and oxygen atoms in total. The van der Waals surface area contributed by atoms with Gasteiger partial charge in [-0.15, -0.1) is 0 Å². The maximum absolute atomic E-state index is 12.5. The van der Waals surface area contributed by atoms with Crippen LogP contribution in [0.1, 0.15) is 36.3 Å². The number of carboxylic acids is 1. The van der Waals surface area contributed by atoms with Crippen molar-refractivity contribution in [3.8, 4) is 11.1 Å². The topological polar surface area (TPSA) is 95.9 Å². The molecule has 0 unspecified atom stereocenters. The maximum Gasteiger partial charge on any atom is 0.407 e. The number of halogens is 3. The van der Waals surface area contributed by atoms with E-state index in [-0.39, 0.29) is 36.8 Å². The third-order valence-electron chi connectivity index (χ3n) is 5.48. The average Bonchev–Trinajstić information content (AvgIpc) is 3.09. The number of rotatable bonds is 10. The van der Waals surface area contributed by atoms with Crippen molar-refractivity contribution in [2.24, 2.45) is 0 Å². The molecule has 2 aromatic rings. The summed E-state index contributed by atoms with van der Waals surface area (Å²) in [6.07, 6.45) is -5.05. The minimum absolute atomic E-state index is 0.0791. The van der Waals surface area contributed by atoms with Gasteiger partial charge in [0.15, 0.2) is 0 Å². The Morgan fingerprint density at radius 3 is 2.12 bits per heavy atom. The molecule has 0 fully saturated rings. The number of ether oxygens (including phenoxy) is 1. The van der Waals surface area contributed by atoms with E-state index in [1.54, 1.807) is 0 Å². The lowest BCUT2D eigenvalue weighted by molar-refractivity contribution is -0.165. The zero-order valence-electron chi connectivity index (χ0n) is 18.3. The van der Waals surface area contributed by atoms with Gasteiger partial charge in [0.05, 0.1) is 0 Å². The van der Waals surface area contributed by atoms with Gasteiger partial charge in [-0.2, -0.15) is 13.2 Å². The molecule has 182 valence electrons. The quantitative estimate of drug-likeness (QED) is 0.500. The Hall–Kier alpha value is -3.56. The molecule has 2 N–H and O–H groups in total. The molecule has 10 heteroatoms. The first kappa shape index (κ1) is 25.1. The van der Waals surface area contributed by atoms with Gasteiger partial charge < -0.3 is 20.1 Å². The molecule has 0 radical (unpaired) electrons. The second kappa shape index (κ2) is 11.0. The molecular weight excluding hydrogens is 453 g/mol. The highest BCUT2D eigenvalue weighted by atomic mass is 19.4. The van der Waals surface area contributed by atoms with Crippen LogP contribution in [-0.2, 0) is 14.3 Å². The summed E-state index contributed by atoms with van der Waals surface area (Å²) in [4.78, 5) is 35.1. The van der Waals surface area contributed by atoms with E-state index in [1.807, 2.05) is 48.5 Å². The number of carboxylic acid groups (broad SMARTS) is 1. The van der Waals surface area contributed by atoms with Crippen molar-refractivity contribution in [2.45, 2.75) is 31.4 Å². The van der Waals surface area contributed by atoms with Crippen LogP contribution in [0.3, 0.4) is 0 Å². The number of unbranched alkanes of at least 4 members (excludes halogenated alkanes) is 1. The van der Waals surface area contributed by atoms with Crippen molar-refractivity contribution in [1.82, 2.24) is 10.2 Å². The fraction of sp³-hybridized carbons (Fsp3) is 0.375. The molecule has 0 aromatic heterocycles. The largest absolute Gasteiger partial charge is 0.480 e. The van der Waals surface area contributed by atoms with Crippen LogP contribution in [0.25, 0.3) is 11.1 Å². The van der Waals surface area contributed by atoms with E-state index in [0.29, 0.717) is 6.42 Å².